The predicted octanol–water partition coefficient (Wildman–Crippen LogP) is -1.18. The average molecular weight is 215 g/mol. The fourth-order valence-electron chi connectivity index (χ4n) is 1.52. The number of anilines is 1. The van der Waals surface area contributed by atoms with Crippen molar-refractivity contribution in [3.8, 4) is 0 Å². The molecule has 1 aromatic heterocycles. The van der Waals surface area contributed by atoms with E-state index in [1.807, 2.05) is 0 Å². The van der Waals surface area contributed by atoms with Crippen LogP contribution in [-0.2, 0) is 22.0 Å². The van der Waals surface area contributed by atoms with E-state index >= 15 is 0 Å². The Labute approximate surface area is 80.1 Å². The maximum absolute atomic E-state index is 11.3. The molecule has 0 bridgehead atoms. The second-order valence-corrected chi connectivity index (χ2v) is 5.41. The largest absolute Gasteiger partial charge is 0.383 e. The van der Waals surface area contributed by atoms with Crippen LogP contribution in [0.2, 0.25) is 0 Å². The zero-order chi connectivity index (χ0) is 10.3. The maximum Gasteiger partial charge on any atom is 0.347 e. The van der Waals surface area contributed by atoms with Crippen molar-refractivity contribution in [2.75, 3.05) is 11.5 Å². The van der Waals surface area contributed by atoms with Gasteiger partial charge >= 0.3 is 5.69 Å². The first-order valence-corrected chi connectivity index (χ1v) is 5.88. The maximum atomic E-state index is 11.3. The molecule has 76 valence electrons. The number of nitrogen functional groups attached to an aromatic ring is 1. The Balaban J connectivity index is 2.63. The summed E-state index contributed by atoms with van der Waals surface area (Å²) in [6.07, 6.45) is 0.327. The highest BCUT2D eigenvalue weighted by atomic mass is 32.2. The van der Waals surface area contributed by atoms with Crippen LogP contribution in [0, 0.1) is 0 Å². The van der Waals surface area contributed by atoms with E-state index in [4.69, 9.17) is 5.73 Å². The molecule has 6 nitrogen and oxygen atoms in total. The van der Waals surface area contributed by atoms with Gasteiger partial charge in [-0.2, -0.15) is 4.98 Å². The number of nitrogens with two attached hydrogens (primary N) is 1. The van der Waals surface area contributed by atoms with E-state index in [1.54, 1.807) is 0 Å². The molecule has 0 aromatic carbocycles. The van der Waals surface area contributed by atoms with Crippen LogP contribution < -0.4 is 11.4 Å². The van der Waals surface area contributed by atoms with Crippen molar-refractivity contribution in [1.29, 1.82) is 0 Å². The molecule has 14 heavy (non-hydrogen) atoms. The topological polar surface area (TPSA) is 106 Å². The summed E-state index contributed by atoms with van der Waals surface area (Å²) in [6.45, 7) is 0. The van der Waals surface area contributed by atoms with Gasteiger partial charge in [0.05, 0.1) is 11.5 Å². The molecule has 0 saturated carbocycles. The molecule has 3 N–H and O–H groups in total. The molecule has 1 aliphatic heterocycles. The molecular formula is C7H9N3O3S. The van der Waals surface area contributed by atoms with Crippen molar-refractivity contribution in [3.63, 3.8) is 0 Å². The first-order valence-electron chi connectivity index (χ1n) is 4.06. The third kappa shape index (κ3) is 1.50. The predicted molar refractivity (Wildman–Crippen MR) is 50.5 cm³/mol. The van der Waals surface area contributed by atoms with Gasteiger partial charge in [-0.05, 0) is 6.42 Å². The average Bonchev–Trinajstić information content (AvgIpc) is 2.00. The van der Waals surface area contributed by atoms with Gasteiger partial charge in [-0.1, -0.05) is 0 Å². The summed E-state index contributed by atoms with van der Waals surface area (Å²) in [7, 11) is -3.08. The number of hydrogen-bond acceptors (Lipinski definition) is 5. The zero-order valence-corrected chi connectivity index (χ0v) is 8.10. The van der Waals surface area contributed by atoms with Crippen LogP contribution in [0.25, 0.3) is 0 Å². The molecule has 0 fully saturated rings. The van der Waals surface area contributed by atoms with Gasteiger partial charge in [-0.25, -0.2) is 13.2 Å². The van der Waals surface area contributed by atoms with Gasteiger partial charge in [0.25, 0.3) is 0 Å². The Morgan fingerprint density at radius 1 is 1.43 bits per heavy atom. The van der Waals surface area contributed by atoms with Gasteiger partial charge in [0.15, 0.2) is 9.84 Å². The summed E-state index contributed by atoms with van der Waals surface area (Å²) in [5.74, 6) is 0.0565. The fourth-order valence-corrected chi connectivity index (χ4v) is 2.86. The van der Waals surface area contributed by atoms with Gasteiger partial charge in [0.1, 0.15) is 5.82 Å². The second kappa shape index (κ2) is 2.81. The quantitative estimate of drug-likeness (QED) is 0.566. The molecule has 0 unspecified atom stereocenters. The van der Waals surface area contributed by atoms with E-state index in [1.165, 1.54) is 0 Å². The third-order valence-electron chi connectivity index (χ3n) is 2.18. The Morgan fingerprint density at radius 2 is 2.14 bits per heavy atom. The van der Waals surface area contributed by atoms with Crippen molar-refractivity contribution in [3.05, 3.63) is 21.7 Å². The summed E-state index contributed by atoms with van der Waals surface area (Å²) >= 11 is 0. The Bertz CT molecular complexity index is 532. The molecule has 7 heteroatoms. The lowest BCUT2D eigenvalue weighted by Gasteiger charge is -2.16. The van der Waals surface area contributed by atoms with E-state index in [0.29, 0.717) is 17.7 Å². The molecule has 0 atom stereocenters. The number of nitrogens with zero attached hydrogens (tertiary/aromatic N) is 1. The first kappa shape index (κ1) is 9.20. The molecule has 2 rings (SSSR count). The summed E-state index contributed by atoms with van der Waals surface area (Å²) in [6, 6.07) is 0. The Morgan fingerprint density at radius 3 is 2.86 bits per heavy atom. The van der Waals surface area contributed by atoms with Gasteiger partial charge in [0.2, 0.25) is 0 Å². The van der Waals surface area contributed by atoms with Crippen LogP contribution in [0.1, 0.15) is 11.3 Å². The number of aromatic nitrogens is 2. The van der Waals surface area contributed by atoms with Crippen molar-refractivity contribution in [1.82, 2.24) is 9.97 Å². The second-order valence-electron chi connectivity index (χ2n) is 3.23. The normalized spacial score (nSPS) is 18.9. The smallest absolute Gasteiger partial charge is 0.347 e. The van der Waals surface area contributed by atoms with Crippen LogP contribution in [0.5, 0.6) is 0 Å². The van der Waals surface area contributed by atoms with Crippen LogP contribution in [0.4, 0.5) is 5.82 Å². The molecule has 0 spiro atoms. The van der Waals surface area contributed by atoms with Gasteiger partial charge in [-0.15, -0.1) is 0 Å². The Kier molecular flexibility index (Phi) is 1.84. The number of aromatic amines is 1. The van der Waals surface area contributed by atoms with Crippen molar-refractivity contribution in [2.45, 2.75) is 12.2 Å². The van der Waals surface area contributed by atoms with E-state index in [9.17, 15) is 13.2 Å². The molecule has 1 aromatic rings. The number of nitrogens with one attached hydrogen (secondary N) is 1. The van der Waals surface area contributed by atoms with Crippen molar-refractivity contribution >= 4 is 15.7 Å². The minimum absolute atomic E-state index is 0.0674. The van der Waals surface area contributed by atoms with Crippen LogP contribution in [-0.4, -0.2) is 24.1 Å². The summed E-state index contributed by atoms with van der Waals surface area (Å²) < 4.78 is 22.5. The molecule has 0 amide bonds. The van der Waals surface area contributed by atoms with Gasteiger partial charge < -0.3 is 10.7 Å². The number of H-pyrrole nitrogens is 1. The first-order chi connectivity index (χ1) is 6.48. The lowest BCUT2D eigenvalue weighted by molar-refractivity contribution is 0.590. The highest BCUT2D eigenvalue weighted by Crippen LogP contribution is 2.20. The standard InChI is InChI=1S/C7H9N3O3S/c8-6-4-1-2-14(12,13)3-5(4)9-7(11)10-6/h1-3H2,(H3,8,9,10,11). The van der Waals surface area contributed by atoms with E-state index in [-0.39, 0.29) is 17.3 Å². The molecule has 2 heterocycles. The molecule has 0 radical (unpaired) electrons. The minimum Gasteiger partial charge on any atom is -0.383 e. The number of rotatable bonds is 0. The lowest BCUT2D eigenvalue weighted by atomic mass is 10.1. The molecule has 1 aliphatic rings. The summed E-state index contributed by atoms with van der Waals surface area (Å²) in [5.41, 5.74) is 5.94. The summed E-state index contributed by atoms with van der Waals surface area (Å²) in [4.78, 5) is 16.8. The third-order valence-corrected chi connectivity index (χ3v) is 3.74. The molecule has 0 aliphatic carbocycles. The van der Waals surface area contributed by atoms with Crippen molar-refractivity contribution < 1.29 is 8.42 Å². The van der Waals surface area contributed by atoms with Crippen LogP contribution in [0.3, 0.4) is 0 Å². The monoisotopic (exact) mass is 215 g/mol. The summed E-state index contributed by atoms with van der Waals surface area (Å²) in [5, 5.41) is 0. The SMILES string of the molecule is Nc1nc(=O)[nH]c2c1CCS(=O)(=O)C2. The Hall–Kier alpha value is -1.37. The van der Waals surface area contributed by atoms with Crippen molar-refractivity contribution in [2.24, 2.45) is 0 Å². The van der Waals surface area contributed by atoms with Crippen LogP contribution >= 0.6 is 0 Å². The highest BCUT2D eigenvalue weighted by Gasteiger charge is 2.24. The van der Waals surface area contributed by atoms with Gasteiger partial charge in [0, 0.05) is 11.3 Å². The van der Waals surface area contributed by atoms with E-state index in [0.717, 1.165) is 0 Å². The number of sulfone groups is 1. The number of fused-ring (bicyclic) bond motifs is 1. The van der Waals surface area contributed by atoms with E-state index in [2.05, 4.69) is 9.97 Å². The minimum atomic E-state index is -3.08. The zero-order valence-electron chi connectivity index (χ0n) is 7.28. The molecular weight excluding hydrogens is 206 g/mol. The fraction of sp³-hybridized carbons (Fsp3) is 0.429. The molecule has 0 saturated heterocycles. The number of hydrogen-bond donors (Lipinski definition) is 2. The van der Waals surface area contributed by atoms with Gasteiger partial charge in [-0.3, -0.25) is 0 Å². The lowest BCUT2D eigenvalue weighted by Crippen LogP contribution is -2.26. The highest BCUT2D eigenvalue weighted by molar-refractivity contribution is 7.90. The van der Waals surface area contributed by atoms with Crippen LogP contribution in [0.15, 0.2) is 4.79 Å². The van der Waals surface area contributed by atoms with E-state index < -0.39 is 15.5 Å².